The fourth-order valence-electron chi connectivity index (χ4n) is 3.00. The van der Waals surface area contributed by atoms with E-state index in [9.17, 15) is 0 Å². The van der Waals surface area contributed by atoms with Crippen molar-refractivity contribution in [1.82, 2.24) is 5.32 Å². The summed E-state index contributed by atoms with van der Waals surface area (Å²) in [6.07, 6.45) is 2.56. The van der Waals surface area contributed by atoms with Crippen LogP contribution >= 0.6 is 11.6 Å². The van der Waals surface area contributed by atoms with Crippen LogP contribution in [-0.4, -0.2) is 18.6 Å². The van der Waals surface area contributed by atoms with E-state index in [1.54, 1.807) is 0 Å². The van der Waals surface area contributed by atoms with E-state index in [4.69, 9.17) is 11.6 Å². The Bertz CT molecular complexity index is 443. The van der Waals surface area contributed by atoms with Gasteiger partial charge in [-0.2, -0.15) is 0 Å². The van der Waals surface area contributed by atoms with Gasteiger partial charge < -0.3 is 10.2 Å². The van der Waals surface area contributed by atoms with Gasteiger partial charge in [0.1, 0.15) is 0 Å². The van der Waals surface area contributed by atoms with Gasteiger partial charge in [0.2, 0.25) is 0 Å². The third-order valence-electron chi connectivity index (χ3n) is 4.10. The molecule has 1 aromatic rings. The molecule has 112 valence electrons. The number of halogens is 1. The molecule has 1 N–H and O–H groups in total. The summed E-state index contributed by atoms with van der Waals surface area (Å²) in [5.41, 5.74) is 2.46. The first-order chi connectivity index (χ1) is 9.49. The van der Waals surface area contributed by atoms with Crippen LogP contribution in [0.2, 0.25) is 5.02 Å². The molecule has 1 heterocycles. The SMILES string of the molecule is CC(C)NCc1ccc(N2CCCC2C(C)C)c(Cl)c1. The molecule has 0 amide bonds. The fourth-order valence-corrected chi connectivity index (χ4v) is 3.31. The maximum absolute atomic E-state index is 6.53. The van der Waals surface area contributed by atoms with Crippen LogP contribution < -0.4 is 10.2 Å². The zero-order valence-corrected chi connectivity index (χ0v) is 13.9. The Morgan fingerprint density at radius 2 is 2.05 bits per heavy atom. The molecule has 1 aromatic carbocycles. The molecule has 0 spiro atoms. The minimum atomic E-state index is 0.498. The van der Waals surface area contributed by atoms with Crippen LogP contribution in [0.5, 0.6) is 0 Å². The van der Waals surface area contributed by atoms with Crippen LogP contribution in [-0.2, 0) is 6.54 Å². The molecule has 2 rings (SSSR count). The second-order valence-corrected chi connectivity index (χ2v) is 6.88. The summed E-state index contributed by atoms with van der Waals surface area (Å²) in [5.74, 6) is 0.677. The average Bonchev–Trinajstić information content (AvgIpc) is 2.85. The maximum Gasteiger partial charge on any atom is 0.0642 e. The number of nitrogens with zero attached hydrogens (tertiary/aromatic N) is 1. The number of nitrogens with one attached hydrogen (secondary N) is 1. The van der Waals surface area contributed by atoms with Crippen LogP contribution in [0.25, 0.3) is 0 Å². The summed E-state index contributed by atoms with van der Waals surface area (Å²) in [6, 6.07) is 7.64. The van der Waals surface area contributed by atoms with E-state index in [0.29, 0.717) is 18.0 Å². The summed E-state index contributed by atoms with van der Waals surface area (Å²) < 4.78 is 0. The molecule has 1 aliphatic heterocycles. The molecular formula is C17H27ClN2. The zero-order valence-electron chi connectivity index (χ0n) is 13.1. The number of hydrogen-bond donors (Lipinski definition) is 1. The lowest BCUT2D eigenvalue weighted by molar-refractivity contribution is 0.492. The standard InChI is InChI=1S/C17H27ClN2/c1-12(2)16-6-5-9-20(16)17-8-7-14(10-15(17)18)11-19-13(3)4/h7-8,10,12-13,16,19H,5-6,9,11H2,1-4H3. The van der Waals surface area contributed by atoms with E-state index in [0.717, 1.165) is 18.1 Å². The van der Waals surface area contributed by atoms with Gasteiger partial charge in [0, 0.05) is 25.2 Å². The molecule has 3 heteroatoms. The molecule has 2 nitrogen and oxygen atoms in total. The predicted octanol–water partition coefficient (Wildman–Crippen LogP) is 4.46. The van der Waals surface area contributed by atoms with Gasteiger partial charge in [-0.1, -0.05) is 45.4 Å². The van der Waals surface area contributed by atoms with Gasteiger partial charge >= 0.3 is 0 Å². The van der Waals surface area contributed by atoms with Crippen molar-refractivity contribution in [1.29, 1.82) is 0 Å². The van der Waals surface area contributed by atoms with E-state index < -0.39 is 0 Å². The van der Waals surface area contributed by atoms with Crippen molar-refractivity contribution >= 4 is 17.3 Å². The van der Waals surface area contributed by atoms with Crippen LogP contribution in [0.3, 0.4) is 0 Å². The quantitative estimate of drug-likeness (QED) is 0.862. The minimum Gasteiger partial charge on any atom is -0.367 e. The average molecular weight is 295 g/mol. The summed E-state index contributed by atoms with van der Waals surface area (Å²) in [4.78, 5) is 2.49. The molecule has 1 saturated heterocycles. The monoisotopic (exact) mass is 294 g/mol. The first-order valence-corrected chi connectivity index (χ1v) is 8.15. The Morgan fingerprint density at radius 3 is 2.65 bits per heavy atom. The lowest BCUT2D eigenvalue weighted by Gasteiger charge is -2.30. The van der Waals surface area contributed by atoms with Crippen molar-refractivity contribution in [2.24, 2.45) is 5.92 Å². The molecular weight excluding hydrogens is 268 g/mol. The maximum atomic E-state index is 6.53. The Morgan fingerprint density at radius 1 is 1.30 bits per heavy atom. The highest BCUT2D eigenvalue weighted by atomic mass is 35.5. The molecule has 1 fully saturated rings. The second-order valence-electron chi connectivity index (χ2n) is 6.47. The fraction of sp³-hybridized carbons (Fsp3) is 0.647. The highest BCUT2D eigenvalue weighted by molar-refractivity contribution is 6.33. The van der Waals surface area contributed by atoms with Crippen molar-refractivity contribution in [2.45, 2.75) is 59.2 Å². The Kier molecular flexibility index (Phi) is 5.34. The summed E-state index contributed by atoms with van der Waals surface area (Å²) >= 11 is 6.53. The summed E-state index contributed by atoms with van der Waals surface area (Å²) in [7, 11) is 0. The first-order valence-electron chi connectivity index (χ1n) is 7.77. The van der Waals surface area contributed by atoms with Crippen molar-refractivity contribution in [3.8, 4) is 0 Å². The van der Waals surface area contributed by atoms with Crippen molar-refractivity contribution in [3.05, 3.63) is 28.8 Å². The molecule has 0 bridgehead atoms. The van der Waals surface area contributed by atoms with Crippen LogP contribution in [0.1, 0.15) is 46.1 Å². The van der Waals surface area contributed by atoms with Gasteiger partial charge in [0.15, 0.2) is 0 Å². The minimum absolute atomic E-state index is 0.498. The first kappa shape index (κ1) is 15.7. The van der Waals surface area contributed by atoms with Gasteiger partial charge in [0.05, 0.1) is 10.7 Å². The van der Waals surface area contributed by atoms with Crippen molar-refractivity contribution in [3.63, 3.8) is 0 Å². The summed E-state index contributed by atoms with van der Waals surface area (Å²) in [6.45, 7) is 10.9. The molecule has 1 aliphatic rings. The van der Waals surface area contributed by atoms with E-state index in [-0.39, 0.29) is 0 Å². The van der Waals surface area contributed by atoms with Crippen molar-refractivity contribution in [2.75, 3.05) is 11.4 Å². The number of anilines is 1. The van der Waals surface area contributed by atoms with Gasteiger partial charge in [-0.15, -0.1) is 0 Å². The van der Waals surface area contributed by atoms with Crippen LogP contribution in [0.15, 0.2) is 18.2 Å². The van der Waals surface area contributed by atoms with Crippen molar-refractivity contribution < 1.29 is 0 Å². The number of rotatable bonds is 5. The predicted molar refractivity (Wildman–Crippen MR) is 88.6 cm³/mol. The number of benzene rings is 1. The van der Waals surface area contributed by atoms with Crippen LogP contribution in [0.4, 0.5) is 5.69 Å². The zero-order chi connectivity index (χ0) is 14.7. The molecule has 1 atom stereocenters. The highest BCUT2D eigenvalue weighted by Crippen LogP contribution is 2.34. The molecule has 0 aromatic heterocycles. The molecule has 20 heavy (non-hydrogen) atoms. The molecule has 0 aliphatic carbocycles. The van der Waals surface area contributed by atoms with Gasteiger partial charge in [-0.25, -0.2) is 0 Å². The van der Waals surface area contributed by atoms with E-state index in [2.05, 4.69) is 56.1 Å². The Hall–Kier alpha value is -0.730. The lowest BCUT2D eigenvalue weighted by atomic mass is 10.0. The normalized spacial score (nSPS) is 19.4. The Labute approximate surface area is 128 Å². The number of hydrogen-bond acceptors (Lipinski definition) is 2. The highest BCUT2D eigenvalue weighted by Gasteiger charge is 2.28. The third kappa shape index (κ3) is 3.67. The second kappa shape index (κ2) is 6.82. The van der Waals surface area contributed by atoms with Gasteiger partial charge in [-0.3, -0.25) is 0 Å². The molecule has 1 unspecified atom stereocenters. The third-order valence-corrected chi connectivity index (χ3v) is 4.41. The van der Waals surface area contributed by atoms with E-state index in [1.807, 2.05) is 0 Å². The van der Waals surface area contributed by atoms with E-state index >= 15 is 0 Å². The lowest BCUT2D eigenvalue weighted by Crippen LogP contribution is -2.33. The molecule has 0 radical (unpaired) electrons. The van der Waals surface area contributed by atoms with Crippen LogP contribution in [0, 0.1) is 5.92 Å². The Balaban J connectivity index is 2.13. The molecule has 0 saturated carbocycles. The largest absolute Gasteiger partial charge is 0.367 e. The van der Waals surface area contributed by atoms with E-state index in [1.165, 1.54) is 24.1 Å². The van der Waals surface area contributed by atoms with Gasteiger partial charge in [-0.05, 0) is 36.5 Å². The van der Waals surface area contributed by atoms with Gasteiger partial charge in [0.25, 0.3) is 0 Å². The smallest absolute Gasteiger partial charge is 0.0642 e. The topological polar surface area (TPSA) is 15.3 Å². The summed E-state index contributed by atoms with van der Waals surface area (Å²) in [5, 5.41) is 4.32.